The second-order valence-corrected chi connectivity index (χ2v) is 6.53. The summed E-state index contributed by atoms with van der Waals surface area (Å²) in [5, 5.41) is 20.4. The summed E-state index contributed by atoms with van der Waals surface area (Å²) in [5.74, 6) is 0.891. The molecule has 2 aromatic carbocycles. The highest BCUT2D eigenvalue weighted by Crippen LogP contribution is 2.37. The first-order valence-electron chi connectivity index (χ1n) is 7.89. The van der Waals surface area contributed by atoms with Crippen molar-refractivity contribution in [3.8, 4) is 11.5 Å². The van der Waals surface area contributed by atoms with Gasteiger partial charge in [0.15, 0.2) is 0 Å². The van der Waals surface area contributed by atoms with Gasteiger partial charge in [-0.1, -0.05) is 42.5 Å². The molecule has 0 aromatic heterocycles. The number of phenols is 1. The van der Waals surface area contributed by atoms with Gasteiger partial charge in [0.05, 0.1) is 6.10 Å². The molecule has 2 aromatic rings. The summed E-state index contributed by atoms with van der Waals surface area (Å²) in [7, 11) is 0. The van der Waals surface area contributed by atoms with E-state index in [0.717, 1.165) is 16.7 Å². The fraction of sp³-hybridized carbons (Fsp3) is 0.300. The minimum absolute atomic E-state index is 0.230. The molecule has 0 unspecified atom stereocenters. The Balaban J connectivity index is 1.79. The molecule has 1 aliphatic rings. The molecular weight excluding hydrogens is 288 g/mol. The van der Waals surface area contributed by atoms with Gasteiger partial charge >= 0.3 is 0 Å². The maximum Gasteiger partial charge on any atom is 0.129 e. The van der Waals surface area contributed by atoms with Crippen molar-refractivity contribution in [3.05, 3.63) is 65.2 Å². The Hall–Kier alpha value is -2.26. The predicted molar refractivity (Wildman–Crippen MR) is 91.7 cm³/mol. The van der Waals surface area contributed by atoms with Crippen molar-refractivity contribution in [3.63, 3.8) is 0 Å². The van der Waals surface area contributed by atoms with Gasteiger partial charge in [0.2, 0.25) is 0 Å². The van der Waals surface area contributed by atoms with Crippen LogP contribution < -0.4 is 4.74 Å². The molecule has 1 heterocycles. The van der Waals surface area contributed by atoms with Crippen molar-refractivity contribution in [1.82, 2.24) is 0 Å². The molecule has 1 atom stereocenters. The third-order valence-electron chi connectivity index (χ3n) is 4.30. The average Bonchev–Trinajstić information content (AvgIpc) is 2.51. The van der Waals surface area contributed by atoms with Gasteiger partial charge in [-0.2, -0.15) is 0 Å². The van der Waals surface area contributed by atoms with Gasteiger partial charge in [-0.15, -0.1) is 0 Å². The monoisotopic (exact) mass is 310 g/mol. The Morgan fingerprint density at radius 3 is 2.70 bits per heavy atom. The highest BCUT2D eigenvalue weighted by Gasteiger charge is 2.35. The van der Waals surface area contributed by atoms with E-state index in [-0.39, 0.29) is 5.75 Å². The summed E-state index contributed by atoms with van der Waals surface area (Å²) in [5.41, 5.74) is 2.28. The largest absolute Gasteiger partial charge is 0.508 e. The van der Waals surface area contributed by atoms with Gasteiger partial charge in [-0.3, -0.25) is 0 Å². The van der Waals surface area contributed by atoms with Crippen LogP contribution in [-0.2, 0) is 12.8 Å². The summed E-state index contributed by atoms with van der Waals surface area (Å²) >= 11 is 0. The summed E-state index contributed by atoms with van der Waals surface area (Å²) in [4.78, 5) is 0. The fourth-order valence-corrected chi connectivity index (χ4v) is 2.77. The van der Waals surface area contributed by atoms with Crippen molar-refractivity contribution in [2.24, 2.45) is 0 Å². The minimum atomic E-state index is -0.631. The van der Waals surface area contributed by atoms with E-state index in [1.165, 1.54) is 0 Å². The number of phenolic OH excluding ortho intramolecular Hbond substituents is 1. The Bertz CT molecular complexity index is 717. The standard InChI is InChI=1S/C20H22O3/c1-20(2)19(22)12-16-11-15(17(21)13-18(16)23-20)10-6-9-14-7-4-3-5-8-14/h3-9,11,13,19,21-22H,10,12H2,1-2H3/t19-/m1/s1. The SMILES string of the molecule is CC1(C)Oc2cc(O)c(CC=Cc3ccccc3)cc2C[C@H]1O. The number of fused-ring (bicyclic) bond motifs is 1. The van der Waals surface area contributed by atoms with Crippen LogP contribution in [0.1, 0.15) is 30.5 Å². The number of aliphatic hydroxyl groups excluding tert-OH is 1. The molecule has 0 bridgehead atoms. The lowest BCUT2D eigenvalue weighted by molar-refractivity contribution is -0.0412. The molecule has 1 aliphatic heterocycles. The van der Waals surface area contributed by atoms with Crippen LogP contribution in [0.3, 0.4) is 0 Å². The molecule has 3 heteroatoms. The normalized spacial score (nSPS) is 19.3. The van der Waals surface area contributed by atoms with E-state index in [9.17, 15) is 10.2 Å². The van der Waals surface area contributed by atoms with E-state index >= 15 is 0 Å². The van der Waals surface area contributed by atoms with Gasteiger partial charge in [-0.05, 0) is 43.0 Å². The van der Waals surface area contributed by atoms with Gasteiger partial charge < -0.3 is 14.9 Å². The molecule has 3 rings (SSSR count). The second kappa shape index (κ2) is 6.09. The van der Waals surface area contributed by atoms with Crippen LogP contribution in [0.4, 0.5) is 0 Å². The van der Waals surface area contributed by atoms with Crippen LogP contribution in [0.15, 0.2) is 48.5 Å². The maximum absolute atomic E-state index is 10.2. The molecule has 2 N–H and O–H groups in total. The van der Waals surface area contributed by atoms with E-state index in [1.807, 2.05) is 62.4 Å². The van der Waals surface area contributed by atoms with E-state index in [4.69, 9.17) is 4.74 Å². The number of aliphatic hydroxyl groups is 1. The number of aromatic hydroxyl groups is 1. The van der Waals surface area contributed by atoms with Crippen molar-refractivity contribution < 1.29 is 14.9 Å². The molecule has 0 radical (unpaired) electrons. The Kier molecular flexibility index (Phi) is 4.14. The van der Waals surface area contributed by atoms with Gasteiger partial charge in [0, 0.05) is 12.5 Å². The maximum atomic E-state index is 10.2. The smallest absolute Gasteiger partial charge is 0.129 e. The molecule has 0 aliphatic carbocycles. The second-order valence-electron chi connectivity index (χ2n) is 6.53. The van der Waals surface area contributed by atoms with Crippen LogP contribution >= 0.6 is 0 Å². The lowest BCUT2D eigenvalue weighted by atomic mass is 9.90. The van der Waals surface area contributed by atoms with Crippen molar-refractivity contribution in [1.29, 1.82) is 0 Å². The van der Waals surface area contributed by atoms with Crippen LogP contribution in [0, 0.1) is 0 Å². The van der Waals surface area contributed by atoms with Crippen LogP contribution in [0.2, 0.25) is 0 Å². The fourth-order valence-electron chi connectivity index (χ4n) is 2.77. The predicted octanol–water partition coefficient (Wildman–Crippen LogP) is 3.72. The van der Waals surface area contributed by atoms with E-state index in [1.54, 1.807) is 6.07 Å². The van der Waals surface area contributed by atoms with Gasteiger partial charge in [0.25, 0.3) is 0 Å². The van der Waals surface area contributed by atoms with E-state index in [0.29, 0.717) is 18.6 Å². The highest BCUT2D eigenvalue weighted by molar-refractivity contribution is 5.52. The highest BCUT2D eigenvalue weighted by atomic mass is 16.5. The summed E-state index contributed by atoms with van der Waals surface area (Å²) in [6.45, 7) is 3.71. The lowest BCUT2D eigenvalue weighted by Gasteiger charge is -2.37. The minimum Gasteiger partial charge on any atom is -0.508 e. The number of allylic oxidation sites excluding steroid dienone is 1. The third-order valence-corrected chi connectivity index (χ3v) is 4.30. The molecule has 0 spiro atoms. The summed E-state index contributed by atoms with van der Waals surface area (Å²) < 4.78 is 5.81. The molecule has 0 saturated carbocycles. The van der Waals surface area contributed by atoms with Crippen molar-refractivity contribution in [2.45, 2.75) is 38.4 Å². The zero-order valence-electron chi connectivity index (χ0n) is 13.5. The zero-order valence-corrected chi connectivity index (χ0v) is 13.5. The van der Waals surface area contributed by atoms with Crippen LogP contribution in [0.25, 0.3) is 6.08 Å². The van der Waals surface area contributed by atoms with Gasteiger partial charge in [0.1, 0.15) is 17.1 Å². The van der Waals surface area contributed by atoms with Crippen molar-refractivity contribution in [2.75, 3.05) is 0 Å². The lowest BCUT2D eigenvalue weighted by Crippen LogP contribution is -2.46. The van der Waals surface area contributed by atoms with Crippen molar-refractivity contribution >= 4 is 6.08 Å². The van der Waals surface area contributed by atoms with Gasteiger partial charge in [-0.25, -0.2) is 0 Å². The first kappa shape index (κ1) is 15.6. The van der Waals surface area contributed by atoms with E-state index in [2.05, 4.69) is 0 Å². The number of benzene rings is 2. The molecule has 0 saturated heterocycles. The molecule has 0 amide bonds. The molecule has 120 valence electrons. The number of ether oxygens (including phenoxy) is 1. The molecular formula is C20H22O3. The Morgan fingerprint density at radius 2 is 1.96 bits per heavy atom. The number of rotatable bonds is 3. The number of hydrogen-bond donors (Lipinski definition) is 2. The molecule has 3 nitrogen and oxygen atoms in total. The topological polar surface area (TPSA) is 49.7 Å². The van der Waals surface area contributed by atoms with Crippen LogP contribution in [0.5, 0.6) is 11.5 Å². The quantitative estimate of drug-likeness (QED) is 0.908. The van der Waals surface area contributed by atoms with E-state index < -0.39 is 11.7 Å². The third kappa shape index (κ3) is 3.40. The molecule has 0 fully saturated rings. The average molecular weight is 310 g/mol. The first-order chi connectivity index (χ1) is 11.0. The number of hydrogen-bond acceptors (Lipinski definition) is 3. The molecule has 23 heavy (non-hydrogen) atoms. The van der Waals surface area contributed by atoms with Crippen LogP contribution in [-0.4, -0.2) is 21.9 Å². The first-order valence-corrected chi connectivity index (χ1v) is 7.89. The zero-order chi connectivity index (χ0) is 16.4. The summed E-state index contributed by atoms with van der Waals surface area (Å²) in [6, 6.07) is 13.6. The Labute approximate surface area is 136 Å². The Morgan fingerprint density at radius 1 is 1.22 bits per heavy atom. The summed E-state index contributed by atoms with van der Waals surface area (Å²) in [6.07, 6.45) is 4.69.